The summed E-state index contributed by atoms with van der Waals surface area (Å²) in [6, 6.07) is 0. The smallest absolute Gasteiger partial charge is 0.279 e. The average Bonchev–Trinajstić information content (AvgIpc) is 2.01. The highest BCUT2D eigenvalue weighted by Crippen LogP contribution is 2.24. The zero-order valence-electron chi connectivity index (χ0n) is 7.72. The minimum Gasteiger partial charge on any atom is -0.285 e. The van der Waals surface area contributed by atoms with Crippen LogP contribution in [0.4, 0.5) is 0 Å². The highest BCUT2D eigenvalue weighted by Gasteiger charge is 2.30. The molecule has 0 amide bonds. The van der Waals surface area contributed by atoms with Crippen LogP contribution in [0.5, 0.6) is 0 Å². The molecule has 1 N–H and O–H groups in total. The number of rotatable bonds is 3. The van der Waals surface area contributed by atoms with Crippen LogP contribution in [-0.2, 0) is 20.0 Å². The van der Waals surface area contributed by atoms with Gasteiger partial charge in [0.05, 0.1) is 5.25 Å². The van der Waals surface area contributed by atoms with Gasteiger partial charge >= 0.3 is 0 Å². The molecule has 0 aromatic carbocycles. The van der Waals surface area contributed by atoms with Crippen molar-refractivity contribution < 1.29 is 21.4 Å². The standard InChI is InChI=1S/C7H14O5S2/c8-13(9,6-14(10,11)12)7-4-2-1-3-5-7/h7H,1-6H2,(H,10,11,12). The molecule has 0 bridgehead atoms. The van der Waals surface area contributed by atoms with Crippen LogP contribution in [0.2, 0.25) is 0 Å². The minimum atomic E-state index is -4.42. The molecule has 0 saturated heterocycles. The Balaban J connectivity index is 2.74. The van der Waals surface area contributed by atoms with Crippen molar-refractivity contribution in [3.05, 3.63) is 0 Å². The molecule has 0 unspecified atom stereocenters. The van der Waals surface area contributed by atoms with Crippen LogP contribution in [0.1, 0.15) is 32.1 Å². The Bertz CT molecular complexity index is 374. The maximum Gasteiger partial charge on any atom is 0.279 e. The molecule has 0 aliphatic heterocycles. The number of hydrogen-bond donors (Lipinski definition) is 1. The van der Waals surface area contributed by atoms with Gasteiger partial charge in [-0.25, -0.2) is 8.42 Å². The summed E-state index contributed by atoms with van der Waals surface area (Å²) in [5.41, 5.74) is 0. The molecule has 5 nitrogen and oxygen atoms in total. The third-order valence-corrected chi connectivity index (χ3v) is 6.37. The van der Waals surface area contributed by atoms with Crippen LogP contribution in [0, 0.1) is 0 Å². The molecule has 14 heavy (non-hydrogen) atoms. The first-order valence-electron chi connectivity index (χ1n) is 4.48. The summed E-state index contributed by atoms with van der Waals surface area (Å²) in [5, 5.41) is -1.72. The quantitative estimate of drug-likeness (QED) is 0.731. The summed E-state index contributed by atoms with van der Waals surface area (Å²) in [6.45, 7) is 0. The number of hydrogen-bond acceptors (Lipinski definition) is 4. The van der Waals surface area contributed by atoms with Gasteiger partial charge in [-0.3, -0.25) is 4.55 Å². The van der Waals surface area contributed by atoms with Gasteiger partial charge in [0, 0.05) is 0 Å². The SMILES string of the molecule is O=S(=O)(O)CS(=O)(=O)C1CCCCC1. The predicted molar refractivity (Wildman–Crippen MR) is 52.2 cm³/mol. The summed E-state index contributed by atoms with van der Waals surface area (Å²) in [4.78, 5) is 0. The van der Waals surface area contributed by atoms with Crippen LogP contribution in [0.25, 0.3) is 0 Å². The second-order valence-electron chi connectivity index (χ2n) is 3.62. The van der Waals surface area contributed by atoms with Gasteiger partial charge in [0.25, 0.3) is 10.1 Å². The van der Waals surface area contributed by atoms with Crippen molar-refractivity contribution in [1.29, 1.82) is 0 Å². The van der Waals surface area contributed by atoms with Gasteiger partial charge in [-0.15, -0.1) is 0 Å². The van der Waals surface area contributed by atoms with Crippen LogP contribution >= 0.6 is 0 Å². The molecular formula is C7H14O5S2. The van der Waals surface area contributed by atoms with E-state index >= 15 is 0 Å². The van der Waals surface area contributed by atoms with Gasteiger partial charge in [-0.1, -0.05) is 19.3 Å². The first kappa shape index (κ1) is 11.9. The summed E-state index contributed by atoms with van der Waals surface area (Å²) < 4.78 is 52.3. The van der Waals surface area contributed by atoms with Crippen molar-refractivity contribution in [2.75, 3.05) is 5.08 Å². The van der Waals surface area contributed by atoms with E-state index in [9.17, 15) is 16.8 Å². The van der Waals surface area contributed by atoms with E-state index in [1.807, 2.05) is 0 Å². The van der Waals surface area contributed by atoms with Crippen molar-refractivity contribution in [2.45, 2.75) is 37.4 Å². The highest BCUT2D eigenvalue weighted by atomic mass is 32.3. The van der Waals surface area contributed by atoms with E-state index < -0.39 is 30.3 Å². The van der Waals surface area contributed by atoms with Gasteiger partial charge in [0.1, 0.15) is 0 Å². The van der Waals surface area contributed by atoms with E-state index in [1.165, 1.54) is 0 Å². The third-order valence-electron chi connectivity index (χ3n) is 2.37. The molecular weight excluding hydrogens is 228 g/mol. The van der Waals surface area contributed by atoms with Crippen molar-refractivity contribution in [3.8, 4) is 0 Å². The molecule has 1 aliphatic rings. The zero-order valence-corrected chi connectivity index (χ0v) is 9.35. The summed E-state index contributed by atoms with van der Waals surface area (Å²) >= 11 is 0. The maximum atomic E-state index is 11.5. The monoisotopic (exact) mass is 242 g/mol. The van der Waals surface area contributed by atoms with E-state index in [1.54, 1.807) is 0 Å². The van der Waals surface area contributed by atoms with E-state index in [0.29, 0.717) is 12.8 Å². The lowest BCUT2D eigenvalue weighted by molar-refractivity contribution is 0.476. The molecule has 0 aromatic heterocycles. The Morgan fingerprint density at radius 2 is 1.50 bits per heavy atom. The van der Waals surface area contributed by atoms with Crippen molar-refractivity contribution in [1.82, 2.24) is 0 Å². The van der Waals surface area contributed by atoms with Crippen LogP contribution < -0.4 is 0 Å². The lowest BCUT2D eigenvalue weighted by atomic mass is 10.0. The zero-order chi connectivity index (χ0) is 10.8. The first-order valence-corrected chi connectivity index (χ1v) is 7.80. The van der Waals surface area contributed by atoms with Crippen molar-refractivity contribution in [3.63, 3.8) is 0 Å². The van der Waals surface area contributed by atoms with Crippen molar-refractivity contribution in [2.24, 2.45) is 0 Å². The summed E-state index contributed by atoms with van der Waals surface area (Å²) in [7, 11) is -8.10. The van der Waals surface area contributed by atoms with E-state index in [2.05, 4.69) is 0 Å². The van der Waals surface area contributed by atoms with Gasteiger partial charge in [0.15, 0.2) is 14.9 Å². The second-order valence-corrected chi connectivity index (χ2v) is 7.72. The maximum absolute atomic E-state index is 11.5. The second kappa shape index (κ2) is 4.16. The summed E-state index contributed by atoms with van der Waals surface area (Å²) in [6.07, 6.45) is 3.65. The molecule has 1 saturated carbocycles. The largest absolute Gasteiger partial charge is 0.285 e. The van der Waals surface area contributed by atoms with E-state index in [-0.39, 0.29) is 0 Å². The van der Waals surface area contributed by atoms with Crippen LogP contribution in [0.3, 0.4) is 0 Å². The highest BCUT2D eigenvalue weighted by molar-refractivity contribution is 8.05. The van der Waals surface area contributed by atoms with Gasteiger partial charge in [0.2, 0.25) is 0 Å². The lowest BCUT2D eigenvalue weighted by Gasteiger charge is -2.20. The normalized spacial score (nSPS) is 20.9. The molecule has 1 fully saturated rings. The molecule has 0 atom stereocenters. The fourth-order valence-electron chi connectivity index (χ4n) is 1.73. The topological polar surface area (TPSA) is 88.5 Å². The molecule has 0 radical (unpaired) electrons. The molecule has 0 spiro atoms. The summed E-state index contributed by atoms with van der Waals surface area (Å²) in [5.74, 6) is 0. The average molecular weight is 242 g/mol. The molecule has 0 heterocycles. The number of sulfone groups is 1. The fraction of sp³-hybridized carbons (Fsp3) is 1.00. The fourth-order valence-corrected chi connectivity index (χ4v) is 5.21. The molecule has 0 aromatic rings. The Morgan fingerprint density at radius 1 is 1.00 bits per heavy atom. The lowest BCUT2D eigenvalue weighted by Crippen LogP contribution is -2.29. The molecule has 7 heteroatoms. The van der Waals surface area contributed by atoms with E-state index in [0.717, 1.165) is 19.3 Å². The van der Waals surface area contributed by atoms with E-state index in [4.69, 9.17) is 4.55 Å². The Hall–Kier alpha value is -0.140. The van der Waals surface area contributed by atoms with Gasteiger partial charge in [-0.05, 0) is 12.8 Å². The minimum absolute atomic E-state index is 0.512. The Labute approximate surface area is 84.2 Å². The molecule has 84 valence electrons. The molecule has 1 aliphatic carbocycles. The predicted octanol–water partition coefficient (Wildman–Crippen LogP) is 0.579. The third kappa shape index (κ3) is 3.55. The Morgan fingerprint density at radius 3 is 1.93 bits per heavy atom. The van der Waals surface area contributed by atoms with Gasteiger partial charge in [-0.2, -0.15) is 8.42 Å². The first-order chi connectivity index (χ1) is 6.31. The Kier molecular flexibility index (Phi) is 3.54. The molecule has 1 rings (SSSR count). The van der Waals surface area contributed by atoms with Crippen LogP contribution in [-0.4, -0.2) is 31.7 Å². The van der Waals surface area contributed by atoms with Crippen LogP contribution in [0.15, 0.2) is 0 Å². The van der Waals surface area contributed by atoms with Crippen molar-refractivity contribution >= 4 is 20.0 Å². The van der Waals surface area contributed by atoms with Gasteiger partial charge < -0.3 is 0 Å².